The lowest BCUT2D eigenvalue weighted by atomic mass is 10.1. The summed E-state index contributed by atoms with van der Waals surface area (Å²) in [6, 6.07) is 0. The summed E-state index contributed by atoms with van der Waals surface area (Å²) in [7, 11) is 1.74. The SMILES string of the molecule is CCCCCCCCCCCCCC=CCCCOC[C@@H](O)COP(=O)(O)OCC[N+](C)(C)C. The molecule has 7 nitrogen and oxygen atoms in total. The van der Waals surface area contributed by atoms with Crippen LogP contribution in [-0.2, 0) is 18.3 Å². The summed E-state index contributed by atoms with van der Waals surface area (Å²) in [4.78, 5) is 9.63. The molecule has 0 aliphatic rings. The number of nitrogens with zero attached hydrogens (tertiary/aromatic N) is 1. The van der Waals surface area contributed by atoms with Crippen LogP contribution in [0.2, 0.25) is 0 Å². The van der Waals surface area contributed by atoms with Crippen LogP contribution in [0.15, 0.2) is 12.2 Å². The maximum absolute atomic E-state index is 11.8. The monoisotopic (exact) mass is 508 g/mol. The Bertz CT molecular complexity index is 524. The lowest BCUT2D eigenvalue weighted by Crippen LogP contribution is -2.37. The molecule has 0 bridgehead atoms. The molecule has 0 aromatic carbocycles. The zero-order valence-corrected chi connectivity index (χ0v) is 23.5. The van der Waals surface area contributed by atoms with Gasteiger partial charge in [0, 0.05) is 6.61 Å². The molecule has 1 unspecified atom stereocenters. The Kier molecular flexibility index (Phi) is 21.8. The van der Waals surface area contributed by atoms with Gasteiger partial charge in [0.05, 0.1) is 34.4 Å². The molecule has 34 heavy (non-hydrogen) atoms. The minimum atomic E-state index is -4.15. The van der Waals surface area contributed by atoms with Gasteiger partial charge < -0.3 is 19.2 Å². The number of phosphoric acid groups is 1. The summed E-state index contributed by atoms with van der Waals surface area (Å²) in [6.07, 6.45) is 21.6. The highest BCUT2D eigenvalue weighted by molar-refractivity contribution is 7.47. The van der Waals surface area contributed by atoms with E-state index in [1.165, 1.54) is 70.6 Å². The number of quaternary nitrogens is 1. The first kappa shape index (κ1) is 33.7. The number of likely N-dealkylation sites (N-methyl/N-ethyl adjacent to an activating group) is 1. The fraction of sp³-hybridized carbons (Fsp3) is 0.923. The third kappa shape index (κ3) is 26.3. The number of unbranched alkanes of at least 4 members (excludes halogenated alkanes) is 12. The summed E-state index contributed by atoms with van der Waals surface area (Å²) in [5, 5.41) is 9.85. The molecule has 0 saturated carbocycles. The highest BCUT2D eigenvalue weighted by Crippen LogP contribution is 2.43. The number of rotatable bonds is 25. The van der Waals surface area contributed by atoms with Crippen LogP contribution in [0.3, 0.4) is 0 Å². The molecule has 0 radical (unpaired) electrons. The average Bonchev–Trinajstić information content (AvgIpc) is 2.76. The van der Waals surface area contributed by atoms with E-state index in [1.54, 1.807) is 0 Å². The van der Waals surface area contributed by atoms with Gasteiger partial charge in [-0.15, -0.1) is 0 Å². The van der Waals surface area contributed by atoms with Crippen molar-refractivity contribution in [2.24, 2.45) is 0 Å². The molecule has 0 aliphatic carbocycles. The molecule has 204 valence electrons. The Morgan fingerprint density at radius 3 is 1.85 bits per heavy atom. The topological polar surface area (TPSA) is 85.2 Å². The van der Waals surface area contributed by atoms with Crippen LogP contribution in [0.1, 0.15) is 96.8 Å². The number of hydrogen-bond donors (Lipinski definition) is 2. The number of aliphatic hydroxyl groups excluding tert-OH is 1. The van der Waals surface area contributed by atoms with Crippen molar-refractivity contribution in [1.82, 2.24) is 0 Å². The maximum Gasteiger partial charge on any atom is 0.472 e. The van der Waals surface area contributed by atoms with Crippen LogP contribution < -0.4 is 0 Å². The van der Waals surface area contributed by atoms with Crippen molar-refractivity contribution in [3.63, 3.8) is 0 Å². The van der Waals surface area contributed by atoms with Gasteiger partial charge >= 0.3 is 7.82 Å². The van der Waals surface area contributed by atoms with E-state index in [-0.39, 0.29) is 19.8 Å². The van der Waals surface area contributed by atoms with E-state index in [9.17, 15) is 14.6 Å². The van der Waals surface area contributed by atoms with Crippen molar-refractivity contribution in [2.45, 2.75) is 103 Å². The third-order valence-electron chi connectivity index (χ3n) is 5.56. The predicted molar refractivity (Wildman–Crippen MR) is 141 cm³/mol. The molecule has 0 amide bonds. The molecule has 0 aromatic heterocycles. The van der Waals surface area contributed by atoms with Crippen LogP contribution in [-0.4, -0.2) is 74.7 Å². The zero-order chi connectivity index (χ0) is 25.5. The zero-order valence-electron chi connectivity index (χ0n) is 22.6. The summed E-state index contributed by atoms with van der Waals surface area (Å²) < 4.78 is 27.6. The molecule has 2 N–H and O–H groups in total. The fourth-order valence-corrected chi connectivity index (χ4v) is 4.13. The van der Waals surface area contributed by atoms with E-state index in [1.807, 2.05) is 21.1 Å². The first-order valence-electron chi connectivity index (χ1n) is 13.5. The predicted octanol–water partition coefficient (Wildman–Crippen LogP) is 6.24. The van der Waals surface area contributed by atoms with Crippen molar-refractivity contribution in [3.8, 4) is 0 Å². The molecular formula is C26H55NO6P+. The van der Waals surface area contributed by atoms with E-state index >= 15 is 0 Å². The molecule has 8 heteroatoms. The van der Waals surface area contributed by atoms with Crippen LogP contribution >= 0.6 is 7.82 Å². The number of aliphatic hydroxyl groups is 1. The fourth-order valence-electron chi connectivity index (χ4n) is 3.38. The van der Waals surface area contributed by atoms with Crippen molar-refractivity contribution >= 4 is 7.82 Å². The van der Waals surface area contributed by atoms with Crippen LogP contribution in [0, 0.1) is 0 Å². The van der Waals surface area contributed by atoms with Crippen LogP contribution in [0.4, 0.5) is 0 Å². The molecule has 0 saturated heterocycles. The van der Waals surface area contributed by atoms with E-state index in [2.05, 4.69) is 19.1 Å². The average molecular weight is 509 g/mol. The number of hydrogen-bond acceptors (Lipinski definition) is 5. The lowest BCUT2D eigenvalue weighted by Gasteiger charge is -2.24. The molecule has 0 rings (SSSR count). The maximum atomic E-state index is 11.8. The van der Waals surface area contributed by atoms with Crippen molar-refractivity contribution in [3.05, 3.63) is 12.2 Å². The van der Waals surface area contributed by atoms with Crippen LogP contribution in [0.5, 0.6) is 0 Å². The Labute approximate surface area is 210 Å². The quantitative estimate of drug-likeness (QED) is 0.0657. The normalized spacial score (nSPS) is 15.1. The highest BCUT2D eigenvalue weighted by atomic mass is 31.2. The van der Waals surface area contributed by atoms with Crippen molar-refractivity contribution < 1.29 is 32.8 Å². The minimum absolute atomic E-state index is 0.0708. The van der Waals surface area contributed by atoms with Gasteiger partial charge in [0.1, 0.15) is 19.3 Å². The third-order valence-corrected chi connectivity index (χ3v) is 6.54. The summed E-state index contributed by atoms with van der Waals surface area (Å²) in [5.74, 6) is 0. The van der Waals surface area contributed by atoms with Gasteiger partial charge in [-0.05, 0) is 25.7 Å². The second kappa shape index (κ2) is 22.0. The number of allylic oxidation sites excluding steroid dienone is 2. The van der Waals surface area contributed by atoms with Gasteiger partial charge in [-0.2, -0.15) is 0 Å². The van der Waals surface area contributed by atoms with Gasteiger partial charge in [-0.3, -0.25) is 9.05 Å². The molecule has 0 aliphatic heterocycles. The first-order chi connectivity index (χ1) is 16.2. The number of ether oxygens (including phenoxy) is 1. The van der Waals surface area contributed by atoms with Gasteiger partial charge in [-0.25, -0.2) is 4.57 Å². The molecule has 0 spiro atoms. The Hall–Kier alpha value is -0.270. The second-order valence-corrected chi connectivity index (χ2v) is 11.7. The summed E-state index contributed by atoms with van der Waals surface area (Å²) in [5.41, 5.74) is 0. The Morgan fingerprint density at radius 2 is 1.29 bits per heavy atom. The van der Waals surface area contributed by atoms with E-state index < -0.39 is 13.9 Å². The lowest BCUT2D eigenvalue weighted by molar-refractivity contribution is -0.870. The molecule has 0 aromatic rings. The van der Waals surface area contributed by atoms with E-state index in [4.69, 9.17) is 13.8 Å². The molecular weight excluding hydrogens is 453 g/mol. The van der Waals surface area contributed by atoms with Gasteiger partial charge in [0.25, 0.3) is 0 Å². The largest absolute Gasteiger partial charge is 0.472 e. The van der Waals surface area contributed by atoms with Gasteiger partial charge in [0.2, 0.25) is 0 Å². The minimum Gasteiger partial charge on any atom is -0.388 e. The second-order valence-electron chi connectivity index (χ2n) is 10.3. The Balaban J connectivity index is 3.45. The first-order valence-corrected chi connectivity index (χ1v) is 15.0. The summed E-state index contributed by atoms with van der Waals surface area (Å²) in [6.45, 7) is 3.27. The number of phosphoric ester groups is 1. The van der Waals surface area contributed by atoms with Gasteiger partial charge in [0.15, 0.2) is 0 Å². The van der Waals surface area contributed by atoms with Crippen molar-refractivity contribution in [2.75, 3.05) is 54.1 Å². The molecule has 0 heterocycles. The van der Waals surface area contributed by atoms with E-state index in [0.717, 1.165) is 19.3 Å². The van der Waals surface area contributed by atoms with E-state index in [0.29, 0.717) is 17.6 Å². The molecule has 2 atom stereocenters. The van der Waals surface area contributed by atoms with Crippen LogP contribution in [0.25, 0.3) is 0 Å². The smallest absolute Gasteiger partial charge is 0.388 e. The van der Waals surface area contributed by atoms with Gasteiger partial charge in [-0.1, -0.05) is 83.3 Å². The standard InChI is InChI=1S/C26H54NO6P/c1-5-6-7-8-9-10-11-12-13-14-15-16-17-18-19-20-22-31-24-26(28)25-33-34(29,30)32-23-21-27(2,3)4/h17-18,26,28H,5-16,19-25H2,1-4H3/p+1/t26-/m1/s1. The summed E-state index contributed by atoms with van der Waals surface area (Å²) >= 11 is 0. The molecule has 0 fully saturated rings. The highest BCUT2D eigenvalue weighted by Gasteiger charge is 2.24. The Morgan fingerprint density at radius 1 is 0.765 bits per heavy atom. The van der Waals surface area contributed by atoms with Crippen molar-refractivity contribution in [1.29, 1.82) is 0 Å².